The average molecular weight is 187 g/mol. The molecule has 0 amide bonds. The number of nitrogens with zero attached hydrogens (tertiary/aromatic N) is 2. The van der Waals surface area contributed by atoms with Crippen molar-refractivity contribution in [3.63, 3.8) is 0 Å². The van der Waals surface area contributed by atoms with Gasteiger partial charge in [-0.15, -0.1) is 0 Å². The molecule has 1 aromatic rings. The Morgan fingerprint density at radius 3 is 2.15 bits per heavy atom. The first-order valence-electron chi connectivity index (χ1n) is 2.93. The van der Waals surface area contributed by atoms with Gasteiger partial charge in [0, 0.05) is 4.91 Å². The van der Waals surface area contributed by atoms with Gasteiger partial charge in [-0.25, -0.2) is 9.59 Å². The van der Waals surface area contributed by atoms with Gasteiger partial charge < -0.3 is 11.5 Å². The maximum absolute atomic E-state index is 10.4. The summed E-state index contributed by atoms with van der Waals surface area (Å²) >= 11 is 0. The van der Waals surface area contributed by atoms with Gasteiger partial charge in [-0.1, -0.05) is 0 Å². The minimum atomic E-state index is -1.24. The third-order valence-corrected chi connectivity index (χ3v) is 0.906. The van der Waals surface area contributed by atoms with Gasteiger partial charge in [-0.05, 0) is 0 Å². The lowest BCUT2D eigenvalue weighted by Gasteiger charge is -1.91. The lowest BCUT2D eigenvalue weighted by atomic mass is 10.9. The highest BCUT2D eigenvalue weighted by molar-refractivity contribution is 5.91. The van der Waals surface area contributed by atoms with Crippen LogP contribution in [-0.4, -0.2) is 16.8 Å². The number of nitrogens with one attached hydrogen (secondary N) is 1. The third-order valence-electron chi connectivity index (χ3n) is 0.906. The van der Waals surface area contributed by atoms with E-state index < -0.39 is 23.2 Å². The van der Waals surface area contributed by atoms with Crippen LogP contribution >= 0.6 is 0 Å². The molecule has 0 unspecified atom stereocenters. The number of hydrogen-bond donors (Lipinski definition) is 3. The minimum absolute atomic E-state index is 0.199. The Morgan fingerprint density at radius 2 is 1.77 bits per heavy atom. The summed E-state index contributed by atoms with van der Waals surface area (Å²) in [6.07, 6.45) is 0. The highest BCUT2D eigenvalue weighted by atomic mass is 16.7. The van der Waals surface area contributed by atoms with E-state index in [1.165, 1.54) is 0 Å². The summed E-state index contributed by atoms with van der Waals surface area (Å²) in [6, 6.07) is 0. The zero-order valence-electron chi connectivity index (χ0n) is 6.18. The lowest BCUT2D eigenvalue weighted by molar-refractivity contribution is 0.157. The quantitative estimate of drug-likeness (QED) is 0.231. The molecule has 0 aromatic carbocycles. The fraction of sp³-hybridized carbons (Fsp3) is 0. The topological polar surface area (TPSA) is 154 Å². The van der Waals surface area contributed by atoms with Crippen molar-refractivity contribution >= 4 is 11.9 Å². The molecule has 1 aromatic heterocycles. The molecule has 0 aliphatic rings. The lowest BCUT2D eigenvalue weighted by Crippen LogP contribution is -2.25. The molecule has 0 spiro atoms. The van der Waals surface area contributed by atoms with E-state index in [4.69, 9.17) is 16.9 Å². The predicted molar refractivity (Wildman–Crippen MR) is 40.4 cm³/mol. The predicted octanol–water partition coefficient (Wildman–Crippen LogP) is -2.55. The average Bonchev–Trinajstić information content (AvgIpc) is 2.31. The Bertz CT molecular complexity index is 430. The second kappa shape index (κ2) is 2.97. The standard InChI is InChI=1S/C4H5N5O4/c5-3(6)8-4(7)9-12-1(10)2(11)13-9/h(H5,5,6,7,8). The first-order valence-corrected chi connectivity index (χ1v) is 2.93. The molecular weight excluding hydrogens is 182 g/mol. The highest BCUT2D eigenvalue weighted by Gasteiger charge is 2.08. The third kappa shape index (κ3) is 1.83. The summed E-state index contributed by atoms with van der Waals surface area (Å²) in [4.78, 5) is 24.2. The van der Waals surface area contributed by atoms with Crippen molar-refractivity contribution in [2.75, 3.05) is 0 Å². The Morgan fingerprint density at radius 1 is 1.31 bits per heavy atom. The largest absolute Gasteiger partial charge is 0.446 e. The molecule has 0 bridgehead atoms. The van der Waals surface area contributed by atoms with Gasteiger partial charge in [0.15, 0.2) is 5.96 Å². The summed E-state index contributed by atoms with van der Waals surface area (Å²) in [5.41, 5.74) is 7.34. The zero-order valence-corrected chi connectivity index (χ0v) is 6.18. The van der Waals surface area contributed by atoms with Crippen LogP contribution in [0.4, 0.5) is 0 Å². The number of rotatable bonds is 0. The summed E-state index contributed by atoms with van der Waals surface area (Å²) in [7, 11) is 0. The van der Waals surface area contributed by atoms with Crippen molar-refractivity contribution in [2.45, 2.75) is 0 Å². The molecule has 70 valence electrons. The van der Waals surface area contributed by atoms with Gasteiger partial charge >= 0.3 is 11.3 Å². The van der Waals surface area contributed by atoms with Crippen LogP contribution in [0.15, 0.2) is 23.6 Å². The van der Waals surface area contributed by atoms with Crippen LogP contribution in [0.1, 0.15) is 0 Å². The molecule has 1 heterocycles. The number of guanidine groups is 1. The normalized spacial score (nSPS) is 9.54. The Labute approximate surface area is 69.7 Å². The fourth-order valence-corrected chi connectivity index (χ4v) is 0.493. The second-order valence-electron chi connectivity index (χ2n) is 1.87. The number of nitrogens with two attached hydrogens (primary N) is 2. The van der Waals surface area contributed by atoms with Crippen LogP contribution in [0, 0.1) is 5.41 Å². The van der Waals surface area contributed by atoms with E-state index in [2.05, 4.69) is 14.0 Å². The van der Waals surface area contributed by atoms with Crippen LogP contribution in [0.3, 0.4) is 0 Å². The molecule has 0 saturated carbocycles. The number of aliphatic imine (C=N–C) groups is 1. The van der Waals surface area contributed by atoms with Crippen molar-refractivity contribution < 1.29 is 9.05 Å². The van der Waals surface area contributed by atoms with Gasteiger partial charge in [-0.3, -0.25) is 14.5 Å². The van der Waals surface area contributed by atoms with Crippen LogP contribution in [0.25, 0.3) is 0 Å². The van der Waals surface area contributed by atoms with E-state index in [-0.39, 0.29) is 4.91 Å². The van der Waals surface area contributed by atoms with Gasteiger partial charge in [0.05, 0.1) is 0 Å². The molecule has 0 atom stereocenters. The first kappa shape index (κ1) is 8.77. The van der Waals surface area contributed by atoms with Crippen LogP contribution in [-0.2, 0) is 0 Å². The Hall–Kier alpha value is -2.32. The highest BCUT2D eigenvalue weighted by Crippen LogP contribution is 1.81. The minimum Gasteiger partial charge on any atom is -0.370 e. The second-order valence-corrected chi connectivity index (χ2v) is 1.87. The van der Waals surface area contributed by atoms with E-state index in [0.717, 1.165) is 0 Å². The van der Waals surface area contributed by atoms with Crippen molar-refractivity contribution in [3.8, 4) is 0 Å². The maximum Gasteiger partial charge on any atom is 0.446 e. The summed E-state index contributed by atoms with van der Waals surface area (Å²) in [5.74, 6) is -1.14. The summed E-state index contributed by atoms with van der Waals surface area (Å²) < 4.78 is 8.23. The Kier molecular flexibility index (Phi) is 2.00. The van der Waals surface area contributed by atoms with Crippen molar-refractivity contribution in [3.05, 3.63) is 20.8 Å². The first-order chi connectivity index (χ1) is 6.00. The molecule has 5 N–H and O–H groups in total. The number of aromatic nitrogens is 1. The van der Waals surface area contributed by atoms with Gasteiger partial charge in [0.25, 0.3) is 5.96 Å². The van der Waals surface area contributed by atoms with Crippen molar-refractivity contribution in [1.82, 2.24) is 4.91 Å². The fourth-order valence-electron chi connectivity index (χ4n) is 0.493. The van der Waals surface area contributed by atoms with Crippen LogP contribution in [0.2, 0.25) is 0 Å². The molecule has 0 aliphatic carbocycles. The van der Waals surface area contributed by atoms with Crippen molar-refractivity contribution in [1.29, 1.82) is 5.41 Å². The van der Waals surface area contributed by atoms with E-state index >= 15 is 0 Å². The number of hydrogen-bond acceptors (Lipinski definition) is 5. The van der Waals surface area contributed by atoms with Gasteiger partial charge in [-0.2, -0.15) is 4.99 Å². The molecule has 0 fully saturated rings. The smallest absolute Gasteiger partial charge is 0.370 e. The van der Waals surface area contributed by atoms with E-state index in [1.54, 1.807) is 0 Å². The molecule has 13 heavy (non-hydrogen) atoms. The molecule has 0 radical (unpaired) electrons. The van der Waals surface area contributed by atoms with Crippen LogP contribution in [0.5, 0.6) is 0 Å². The SMILES string of the molecule is N=C(N=C(N)N)n1oc(=O)c(=O)o1. The zero-order chi connectivity index (χ0) is 10.0. The molecule has 0 aliphatic heterocycles. The molecular formula is C4H5N5O4. The molecule has 9 nitrogen and oxygen atoms in total. The molecule has 1 rings (SSSR count). The van der Waals surface area contributed by atoms with Crippen molar-refractivity contribution in [2.24, 2.45) is 16.5 Å². The van der Waals surface area contributed by atoms with E-state index in [9.17, 15) is 9.59 Å². The van der Waals surface area contributed by atoms with E-state index in [0.29, 0.717) is 0 Å². The monoisotopic (exact) mass is 187 g/mol. The molecule has 9 heteroatoms. The summed E-state index contributed by atoms with van der Waals surface area (Å²) in [6.45, 7) is 0. The van der Waals surface area contributed by atoms with Gasteiger partial charge in [0.1, 0.15) is 0 Å². The van der Waals surface area contributed by atoms with E-state index in [1.807, 2.05) is 0 Å². The van der Waals surface area contributed by atoms with Crippen LogP contribution < -0.4 is 22.7 Å². The Balaban J connectivity index is 3.11. The van der Waals surface area contributed by atoms with Gasteiger partial charge in [0.2, 0.25) is 0 Å². The maximum atomic E-state index is 10.4. The molecule has 0 saturated heterocycles. The summed E-state index contributed by atoms with van der Waals surface area (Å²) in [5, 5.41) is 7.02.